The van der Waals surface area contributed by atoms with Gasteiger partial charge in [0, 0.05) is 25.3 Å². The fourth-order valence-electron chi connectivity index (χ4n) is 2.71. The summed E-state index contributed by atoms with van der Waals surface area (Å²) in [6.45, 7) is 3.80. The highest BCUT2D eigenvalue weighted by Crippen LogP contribution is 2.31. The molecule has 2 N–H and O–H groups in total. The van der Waals surface area contributed by atoms with E-state index in [2.05, 4.69) is 16.8 Å². The van der Waals surface area contributed by atoms with E-state index < -0.39 is 0 Å². The van der Waals surface area contributed by atoms with Crippen molar-refractivity contribution in [2.45, 2.75) is 51.6 Å². The van der Waals surface area contributed by atoms with Gasteiger partial charge in [-0.2, -0.15) is 0 Å². The first kappa shape index (κ1) is 13.6. The number of nitrogens with zero attached hydrogens (tertiary/aromatic N) is 2. The molecule has 3 nitrogen and oxygen atoms in total. The van der Waals surface area contributed by atoms with Crippen LogP contribution in [0, 0.1) is 0 Å². The molecule has 0 amide bonds. The summed E-state index contributed by atoms with van der Waals surface area (Å²) < 4.78 is 0. The van der Waals surface area contributed by atoms with Crippen LogP contribution in [0.3, 0.4) is 0 Å². The van der Waals surface area contributed by atoms with Gasteiger partial charge in [-0.1, -0.05) is 24.9 Å². The van der Waals surface area contributed by atoms with E-state index in [1.54, 1.807) is 0 Å². The molecule has 0 saturated carbocycles. The summed E-state index contributed by atoms with van der Waals surface area (Å²) in [6.07, 6.45) is 8.08. The molecular weight excluding hydrogens is 246 g/mol. The first-order valence-corrected chi connectivity index (χ1v) is 7.25. The molecule has 0 spiro atoms. The zero-order valence-electron chi connectivity index (χ0n) is 11.0. The number of aromatic nitrogens is 1. The third-order valence-electron chi connectivity index (χ3n) is 3.64. The van der Waals surface area contributed by atoms with Crippen LogP contribution in [0.15, 0.2) is 12.3 Å². The van der Waals surface area contributed by atoms with Crippen molar-refractivity contribution in [1.82, 2.24) is 4.98 Å². The van der Waals surface area contributed by atoms with Crippen molar-refractivity contribution >= 4 is 17.4 Å². The highest BCUT2D eigenvalue weighted by Gasteiger charge is 2.24. The van der Waals surface area contributed by atoms with Gasteiger partial charge >= 0.3 is 0 Å². The van der Waals surface area contributed by atoms with Crippen LogP contribution in [-0.2, 0) is 6.54 Å². The fourth-order valence-corrected chi connectivity index (χ4v) is 3.00. The Kier molecular flexibility index (Phi) is 4.84. The summed E-state index contributed by atoms with van der Waals surface area (Å²) in [5.41, 5.74) is 6.60. The first-order valence-electron chi connectivity index (χ1n) is 6.87. The molecule has 18 heavy (non-hydrogen) atoms. The van der Waals surface area contributed by atoms with E-state index in [-0.39, 0.29) is 0 Å². The number of halogens is 1. The predicted molar refractivity (Wildman–Crippen MR) is 77.0 cm³/mol. The fraction of sp³-hybridized carbons (Fsp3) is 0.643. The monoisotopic (exact) mass is 267 g/mol. The molecule has 1 atom stereocenters. The van der Waals surface area contributed by atoms with Crippen molar-refractivity contribution in [1.29, 1.82) is 0 Å². The van der Waals surface area contributed by atoms with Gasteiger partial charge in [0.2, 0.25) is 0 Å². The van der Waals surface area contributed by atoms with Crippen molar-refractivity contribution in [2.75, 3.05) is 11.4 Å². The molecular formula is C14H22ClN3. The lowest BCUT2D eigenvalue weighted by atomic mass is 9.98. The van der Waals surface area contributed by atoms with E-state index in [0.717, 1.165) is 22.9 Å². The normalized spacial score (nSPS) is 20.2. The number of pyridine rings is 1. The smallest absolute Gasteiger partial charge is 0.147 e. The van der Waals surface area contributed by atoms with Gasteiger partial charge in [0.15, 0.2) is 0 Å². The molecule has 2 heterocycles. The third-order valence-corrected chi connectivity index (χ3v) is 3.91. The quantitative estimate of drug-likeness (QED) is 0.910. The van der Waals surface area contributed by atoms with Crippen LogP contribution >= 0.6 is 11.6 Å². The average molecular weight is 268 g/mol. The minimum absolute atomic E-state index is 0.491. The lowest BCUT2D eigenvalue weighted by Crippen LogP contribution is -2.40. The van der Waals surface area contributed by atoms with E-state index >= 15 is 0 Å². The lowest BCUT2D eigenvalue weighted by Gasteiger charge is -2.37. The van der Waals surface area contributed by atoms with Crippen molar-refractivity contribution in [3.63, 3.8) is 0 Å². The van der Waals surface area contributed by atoms with Gasteiger partial charge in [-0.15, -0.1) is 0 Å². The predicted octanol–water partition coefficient (Wildman–Crippen LogP) is 3.35. The summed E-state index contributed by atoms with van der Waals surface area (Å²) in [5.74, 6) is 0.937. The summed E-state index contributed by atoms with van der Waals surface area (Å²) in [5, 5.41) is 0.737. The Bertz CT molecular complexity index is 393. The molecule has 2 rings (SSSR count). The highest BCUT2D eigenvalue weighted by molar-refractivity contribution is 6.33. The van der Waals surface area contributed by atoms with Crippen LogP contribution in [0.2, 0.25) is 5.02 Å². The molecule has 0 bridgehead atoms. The lowest BCUT2D eigenvalue weighted by molar-refractivity contribution is 0.432. The van der Waals surface area contributed by atoms with Crippen LogP contribution in [0.25, 0.3) is 0 Å². The zero-order chi connectivity index (χ0) is 13.0. The van der Waals surface area contributed by atoms with E-state index in [0.29, 0.717) is 12.6 Å². The number of hydrogen-bond acceptors (Lipinski definition) is 3. The van der Waals surface area contributed by atoms with E-state index in [4.69, 9.17) is 17.3 Å². The first-order chi connectivity index (χ1) is 8.76. The Hall–Kier alpha value is -0.800. The molecule has 4 heteroatoms. The van der Waals surface area contributed by atoms with Gasteiger partial charge in [0.1, 0.15) is 5.82 Å². The summed E-state index contributed by atoms with van der Waals surface area (Å²) in [4.78, 5) is 6.90. The van der Waals surface area contributed by atoms with Gasteiger partial charge in [0.05, 0.1) is 5.02 Å². The number of rotatable bonds is 4. The van der Waals surface area contributed by atoms with E-state index in [1.807, 2.05) is 12.3 Å². The van der Waals surface area contributed by atoms with Gasteiger partial charge in [-0.25, -0.2) is 4.98 Å². The van der Waals surface area contributed by atoms with Crippen molar-refractivity contribution in [2.24, 2.45) is 5.73 Å². The molecule has 1 saturated heterocycles. The molecule has 100 valence electrons. The Balaban J connectivity index is 2.22. The number of nitrogens with two attached hydrogens (primary N) is 1. The Labute approximate surface area is 114 Å². The minimum atomic E-state index is 0.491. The summed E-state index contributed by atoms with van der Waals surface area (Å²) in [6, 6.07) is 2.54. The standard InChI is InChI=1S/C14H22ClN3/c1-2-5-12-6-3-4-7-18(12)14-13(15)8-11(9-16)10-17-14/h8,10,12H,2-7,9,16H2,1H3. The molecule has 1 aliphatic rings. The number of anilines is 1. The van der Waals surface area contributed by atoms with Gasteiger partial charge < -0.3 is 10.6 Å². The average Bonchev–Trinajstić information content (AvgIpc) is 2.40. The van der Waals surface area contributed by atoms with Crippen LogP contribution in [-0.4, -0.2) is 17.6 Å². The van der Waals surface area contributed by atoms with Crippen molar-refractivity contribution < 1.29 is 0 Å². The second-order valence-electron chi connectivity index (χ2n) is 4.98. The number of piperidine rings is 1. The largest absolute Gasteiger partial charge is 0.352 e. The van der Waals surface area contributed by atoms with Crippen molar-refractivity contribution in [3.05, 3.63) is 22.8 Å². The second-order valence-corrected chi connectivity index (χ2v) is 5.39. The molecule has 0 aliphatic carbocycles. The Morgan fingerprint density at radius 2 is 2.33 bits per heavy atom. The number of hydrogen-bond donors (Lipinski definition) is 1. The molecule has 0 aromatic carbocycles. The Morgan fingerprint density at radius 1 is 1.50 bits per heavy atom. The maximum atomic E-state index is 6.35. The molecule has 1 unspecified atom stereocenters. The van der Waals surface area contributed by atoms with E-state index in [1.165, 1.54) is 32.1 Å². The summed E-state index contributed by atoms with van der Waals surface area (Å²) in [7, 11) is 0. The van der Waals surface area contributed by atoms with E-state index in [9.17, 15) is 0 Å². The molecule has 1 aliphatic heterocycles. The minimum Gasteiger partial charge on any atom is -0.352 e. The van der Waals surface area contributed by atoms with Crippen LogP contribution in [0.5, 0.6) is 0 Å². The Morgan fingerprint density at radius 3 is 3.00 bits per heavy atom. The zero-order valence-corrected chi connectivity index (χ0v) is 11.8. The molecule has 0 radical (unpaired) electrons. The topological polar surface area (TPSA) is 42.2 Å². The SMILES string of the molecule is CCCC1CCCCN1c1ncc(CN)cc1Cl. The van der Waals surface area contributed by atoms with Crippen LogP contribution < -0.4 is 10.6 Å². The molecule has 1 aromatic rings. The third kappa shape index (κ3) is 2.96. The maximum Gasteiger partial charge on any atom is 0.147 e. The van der Waals surface area contributed by atoms with Crippen LogP contribution in [0.1, 0.15) is 44.6 Å². The van der Waals surface area contributed by atoms with Crippen LogP contribution in [0.4, 0.5) is 5.82 Å². The maximum absolute atomic E-state index is 6.35. The summed E-state index contributed by atoms with van der Waals surface area (Å²) >= 11 is 6.35. The van der Waals surface area contributed by atoms with Gasteiger partial charge in [-0.3, -0.25) is 0 Å². The van der Waals surface area contributed by atoms with Crippen molar-refractivity contribution in [3.8, 4) is 0 Å². The molecule has 1 fully saturated rings. The second kappa shape index (κ2) is 6.39. The van der Waals surface area contributed by atoms with Gasteiger partial charge in [0.25, 0.3) is 0 Å². The highest BCUT2D eigenvalue weighted by atomic mass is 35.5. The van der Waals surface area contributed by atoms with Gasteiger partial charge in [-0.05, 0) is 37.3 Å². The molecule has 1 aromatic heterocycles.